The summed E-state index contributed by atoms with van der Waals surface area (Å²) in [5.41, 5.74) is 2.38. The van der Waals surface area contributed by atoms with Gasteiger partial charge in [0.15, 0.2) is 0 Å². The van der Waals surface area contributed by atoms with E-state index in [1.807, 2.05) is 12.1 Å². The summed E-state index contributed by atoms with van der Waals surface area (Å²) in [5, 5.41) is 0. The molecule has 92 valence electrons. The normalized spacial score (nSPS) is 27.7. The number of nitrogens with zero attached hydrogens (tertiary/aromatic N) is 2. The Morgan fingerprint density at radius 1 is 1.12 bits per heavy atom. The highest BCUT2D eigenvalue weighted by Crippen LogP contribution is 2.54. The highest BCUT2D eigenvalue weighted by Gasteiger charge is 2.50. The van der Waals surface area contributed by atoms with Gasteiger partial charge in [-0.05, 0) is 24.0 Å². The Hall–Kier alpha value is -0.910. The molecular formula is C12H16N2O2S. The summed E-state index contributed by atoms with van der Waals surface area (Å²) < 4.78 is 27.6. The van der Waals surface area contributed by atoms with E-state index in [2.05, 4.69) is 12.1 Å². The molecule has 2 heterocycles. The van der Waals surface area contributed by atoms with Gasteiger partial charge < -0.3 is 0 Å². The first-order chi connectivity index (χ1) is 8.03. The second-order valence-electron chi connectivity index (χ2n) is 4.86. The first-order valence-electron chi connectivity index (χ1n) is 5.83. The molecule has 0 aliphatic carbocycles. The average molecular weight is 252 g/mol. The van der Waals surface area contributed by atoms with E-state index in [1.165, 1.54) is 15.4 Å². The lowest BCUT2D eigenvalue weighted by Crippen LogP contribution is -2.37. The van der Waals surface area contributed by atoms with E-state index in [4.69, 9.17) is 0 Å². The SMILES string of the molecule is CN(C)S(=O)(=O)N1C2CCC1c1ccccc12. The van der Waals surface area contributed by atoms with Crippen LogP contribution in [0.25, 0.3) is 0 Å². The molecule has 1 aromatic rings. The Labute approximate surface area is 102 Å². The standard InChI is InChI=1S/C12H16N2O2S/c1-13(2)17(15,16)14-11-7-8-12(14)10-6-4-3-5-9(10)11/h3-6,11-12H,7-8H2,1-2H3. The Bertz CT molecular complexity index is 522. The van der Waals surface area contributed by atoms with E-state index < -0.39 is 10.2 Å². The van der Waals surface area contributed by atoms with Crippen LogP contribution in [-0.4, -0.2) is 31.1 Å². The van der Waals surface area contributed by atoms with Crippen molar-refractivity contribution in [2.24, 2.45) is 0 Å². The summed E-state index contributed by atoms with van der Waals surface area (Å²) in [5.74, 6) is 0. The lowest BCUT2D eigenvalue weighted by atomic mass is 9.92. The molecule has 2 unspecified atom stereocenters. The van der Waals surface area contributed by atoms with Gasteiger partial charge in [-0.15, -0.1) is 0 Å². The maximum absolute atomic E-state index is 12.3. The zero-order valence-electron chi connectivity index (χ0n) is 10.00. The minimum Gasteiger partial charge on any atom is -0.195 e. The predicted molar refractivity (Wildman–Crippen MR) is 65.6 cm³/mol. The van der Waals surface area contributed by atoms with Crippen LogP contribution in [0, 0.1) is 0 Å². The van der Waals surface area contributed by atoms with Gasteiger partial charge in [0.05, 0.1) is 12.1 Å². The van der Waals surface area contributed by atoms with Crippen molar-refractivity contribution in [3.63, 3.8) is 0 Å². The van der Waals surface area contributed by atoms with Crippen molar-refractivity contribution in [1.82, 2.24) is 8.61 Å². The van der Waals surface area contributed by atoms with Crippen LogP contribution >= 0.6 is 0 Å². The van der Waals surface area contributed by atoms with E-state index in [0.717, 1.165) is 12.8 Å². The van der Waals surface area contributed by atoms with Gasteiger partial charge in [-0.1, -0.05) is 24.3 Å². The molecule has 1 fully saturated rings. The largest absolute Gasteiger partial charge is 0.282 e. The fraction of sp³-hybridized carbons (Fsp3) is 0.500. The van der Waals surface area contributed by atoms with Crippen LogP contribution in [0.5, 0.6) is 0 Å². The van der Waals surface area contributed by atoms with Gasteiger partial charge >= 0.3 is 0 Å². The van der Waals surface area contributed by atoms with Gasteiger partial charge in [-0.2, -0.15) is 17.0 Å². The summed E-state index contributed by atoms with van der Waals surface area (Å²) in [4.78, 5) is 0. The quantitative estimate of drug-likeness (QED) is 0.803. The lowest BCUT2D eigenvalue weighted by Gasteiger charge is -2.25. The fourth-order valence-electron chi connectivity index (χ4n) is 3.00. The molecule has 2 atom stereocenters. The molecule has 0 radical (unpaired) electrons. The first kappa shape index (κ1) is 11.2. The van der Waals surface area contributed by atoms with Gasteiger partial charge in [-0.25, -0.2) is 0 Å². The minimum absolute atomic E-state index is 0.0450. The van der Waals surface area contributed by atoms with Gasteiger partial charge in [0.1, 0.15) is 0 Å². The van der Waals surface area contributed by atoms with E-state index in [9.17, 15) is 8.42 Å². The van der Waals surface area contributed by atoms with Crippen molar-refractivity contribution in [2.45, 2.75) is 24.9 Å². The molecule has 2 aliphatic heterocycles. The van der Waals surface area contributed by atoms with Crippen LogP contribution in [0.1, 0.15) is 36.1 Å². The smallest absolute Gasteiger partial charge is 0.195 e. The molecule has 0 aromatic heterocycles. The Morgan fingerprint density at radius 2 is 1.59 bits per heavy atom. The van der Waals surface area contributed by atoms with Crippen molar-refractivity contribution in [3.8, 4) is 0 Å². The van der Waals surface area contributed by atoms with Crippen molar-refractivity contribution in [2.75, 3.05) is 14.1 Å². The number of benzene rings is 1. The Kier molecular flexibility index (Phi) is 2.33. The molecule has 0 N–H and O–H groups in total. The van der Waals surface area contributed by atoms with Crippen LogP contribution in [0.15, 0.2) is 24.3 Å². The van der Waals surface area contributed by atoms with Crippen molar-refractivity contribution in [1.29, 1.82) is 0 Å². The van der Waals surface area contributed by atoms with Gasteiger partial charge in [0, 0.05) is 14.1 Å². The molecule has 1 saturated heterocycles. The molecule has 2 aliphatic rings. The van der Waals surface area contributed by atoms with Gasteiger partial charge in [0.25, 0.3) is 10.2 Å². The van der Waals surface area contributed by atoms with Crippen LogP contribution in [0.3, 0.4) is 0 Å². The van der Waals surface area contributed by atoms with Crippen molar-refractivity contribution in [3.05, 3.63) is 35.4 Å². The molecule has 1 aromatic carbocycles. The molecule has 2 bridgehead atoms. The van der Waals surface area contributed by atoms with Crippen LogP contribution in [-0.2, 0) is 10.2 Å². The third-order valence-electron chi connectivity index (χ3n) is 3.77. The third-order valence-corrected chi connectivity index (χ3v) is 5.73. The topological polar surface area (TPSA) is 40.6 Å². The zero-order valence-corrected chi connectivity index (χ0v) is 10.8. The van der Waals surface area contributed by atoms with E-state index in [0.29, 0.717) is 0 Å². The highest BCUT2D eigenvalue weighted by atomic mass is 32.2. The molecule has 0 saturated carbocycles. The summed E-state index contributed by atoms with van der Waals surface area (Å²) in [6.07, 6.45) is 1.88. The molecule has 4 nitrogen and oxygen atoms in total. The highest BCUT2D eigenvalue weighted by molar-refractivity contribution is 7.86. The van der Waals surface area contributed by atoms with Gasteiger partial charge in [0.2, 0.25) is 0 Å². The Balaban J connectivity index is 2.10. The maximum atomic E-state index is 12.3. The molecule has 0 amide bonds. The lowest BCUT2D eigenvalue weighted by molar-refractivity contribution is 0.336. The summed E-state index contributed by atoms with van der Waals surface area (Å²) in [6, 6.07) is 8.17. The zero-order chi connectivity index (χ0) is 12.2. The summed E-state index contributed by atoms with van der Waals surface area (Å²) in [7, 11) is -0.124. The fourth-order valence-corrected chi connectivity index (χ4v) is 4.46. The molecular weight excluding hydrogens is 236 g/mol. The predicted octanol–water partition coefficient (Wildman–Crippen LogP) is 1.68. The third kappa shape index (κ3) is 1.39. The van der Waals surface area contributed by atoms with E-state index >= 15 is 0 Å². The maximum Gasteiger partial charge on any atom is 0.282 e. The first-order valence-corrected chi connectivity index (χ1v) is 7.23. The van der Waals surface area contributed by atoms with E-state index in [-0.39, 0.29) is 12.1 Å². The van der Waals surface area contributed by atoms with Crippen molar-refractivity contribution < 1.29 is 8.42 Å². The second kappa shape index (κ2) is 3.54. The number of hydrogen-bond donors (Lipinski definition) is 0. The second-order valence-corrected chi connectivity index (χ2v) is 6.91. The van der Waals surface area contributed by atoms with Crippen LogP contribution in [0.2, 0.25) is 0 Å². The molecule has 3 rings (SSSR count). The Morgan fingerprint density at radius 3 is 2.00 bits per heavy atom. The monoisotopic (exact) mass is 252 g/mol. The number of rotatable bonds is 2. The summed E-state index contributed by atoms with van der Waals surface area (Å²) >= 11 is 0. The van der Waals surface area contributed by atoms with E-state index in [1.54, 1.807) is 18.4 Å². The average Bonchev–Trinajstić information content (AvgIpc) is 2.86. The molecule has 0 spiro atoms. The molecule has 5 heteroatoms. The van der Waals surface area contributed by atoms with Crippen molar-refractivity contribution >= 4 is 10.2 Å². The summed E-state index contributed by atoms with van der Waals surface area (Å²) in [6.45, 7) is 0. The minimum atomic E-state index is -3.31. The van der Waals surface area contributed by atoms with Crippen LogP contribution < -0.4 is 0 Å². The van der Waals surface area contributed by atoms with Crippen LogP contribution in [0.4, 0.5) is 0 Å². The van der Waals surface area contributed by atoms with Gasteiger partial charge in [-0.3, -0.25) is 0 Å². The number of hydrogen-bond acceptors (Lipinski definition) is 2. The number of fused-ring (bicyclic) bond motifs is 5. The molecule has 17 heavy (non-hydrogen) atoms.